The topological polar surface area (TPSA) is 91.2 Å². The van der Waals surface area contributed by atoms with Crippen molar-refractivity contribution in [1.82, 2.24) is 5.32 Å². The van der Waals surface area contributed by atoms with Crippen molar-refractivity contribution in [2.75, 3.05) is 19.0 Å². The van der Waals surface area contributed by atoms with Crippen molar-refractivity contribution in [3.05, 3.63) is 29.6 Å². The van der Waals surface area contributed by atoms with Crippen LogP contribution in [0.5, 0.6) is 0 Å². The van der Waals surface area contributed by atoms with Gasteiger partial charge >= 0.3 is 5.97 Å². The highest BCUT2D eigenvalue weighted by Crippen LogP contribution is 2.39. The zero-order chi connectivity index (χ0) is 17.0. The molecule has 0 bridgehead atoms. The average molecular weight is 319 g/mol. The predicted octanol–water partition coefficient (Wildman–Crippen LogP) is 1.83. The quantitative estimate of drug-likeness (QED) is 0.781. The van der Waals surface area contributed by atoms with Gasteiger partial charge in [0.25, 0.3) is 0 Å². The lowest BCUT2D eigenvalue weighted by atomic mass is 9.98. The maximum atomic E-state index is 13.3. The van der Waals surface area contributed by atoms with E-state index < -0.39 is 23.2 Å². The molecule has 2 rings (SSSR count). The monoisotopic (exact) mass is 319 g/mol. The first-order valence-electron chi connectivity index (χ1n) is 7.23. The molecule has 1 aromatic rings. The molecule has 1 aromatic carbocycles. The van der Waals surface area contributed by atoms with E-state index in [1.807, 2.05) is 0 Å². The van der Waals surface area contributed by atoms with Crippen LogP contribution in [0.3, 0.4) is 0 Å². The van der Waals surface area contributed by atoms with Gasteiger partial charge in [-0.05, 0) is 43.9 Å². The Kier molecular flexibility index (Phi) is 4.84. The van der Waals surface area contributed by atoms with Gasteiger partial charge < -0.3 is 15.4 Å². The van der Waals surface area contributed by atoms with Crippen molar-refractivity contribution in [3.63, 3.8) is 0 Å². The summed E-state index contributed by atoms with van der Waals surface area (Å²) >= 11 is 0. The zero-order valence-electron chi connectivity index (χ0n) is 13.0. The molecule has 1 amide bonds. The number of methoxy groups -OCH3 is 1. The molecule has 0 radical (unpaired) electrons. The summed E-state index contributed by atoms with van der Waals surface area (Å²) in [5, 5.41) is 14.6. The molecule has 1 aliphatic rings. The van der Waals surface area contributed by atoms with Crippen LogP contribution in [-0.4, -0.2) is 31.1 Å². The van der Waals surface area contributed by atoms with Crippen molar-refractivity contribution in [1.29, 1.82) is 5.26 Å². The number of nitrogens with zero attached hydrogens (tertiary/aromatic N) is 1. The van der Waals surface area contributed by atoms with Crippen molar-refractivity contribution < 1.29 is 18.7 Å². The Balaban J connectivity index is 2.03. The fourth-order valence-corrected chi connectivity index (χ4v) is 2.34. The maximum absolute atomic E-state index is 13.3. The van der Waals surface area contributed by atoms with Crippen LogP contribution in [0.15, 0.2) is 18.2 Å². The standard InChI is InChI=1S/C16H18FN3O3/c1-16(9-18,10-3-4-10)20-14(21)8-19-13-7-11(17)5-6-12(13)15(22)23-2/h5-7,10,19H,3-4,8H2,1-2H3,(H,20,21)/t16-/m0/s1. The number of hydrogen-bond acceptors (Lipinski definition) is 5. The van der Waals surface area contributed by atoms with Crippen LogP contribution in [0.25, 0.3) is 0 Å². The Bertz CT molecular complexity index is 667. The SMILES string of the molecule is COC(=O)c1ccc(F)cc1NCC(=O)N[C@@](C)(C#N)C1CC1. The molecule has 1 saturated carbocycles. The third kappa shape index (κ3) is 3.97. The number of nitriles is 1. The van der Waals surface area contributed by atoms with Gasteiger partial charge in [-0.3, -0.25) is 4.79 Å². The Morgan fingerprint density at radius 3 is 2.74 bits per heavy atom. The number of ether oxygens (including phenoxy) is 1. The second-order valence-corrected chi connectivity index (χ2v) is 5.67. The van der Waals surface area contributed by atoms with Gasteiger partial charge in [-0.15, -0.1) is 0 Å². The lowest BCUT2D eigenvalue weighted by Gasteiger charge is -2.23. The van der Waals surface area contributed by atoms with E-state index in [-0.39, 0.29) is 23.7 Å². The Labute approximate surface area is 133 Å². The number of benzene rings is 1. The fourth-order valence-electron chi connectivity index (χ4n) is 2.34. The van der Waals surface area contributed by atoms with Gasteiger partial charge in [0.05, 0.1) is 31.0 Å². The minimum absolute atomic E-state index is 0.131. The predicted molar refractivity (Wildman–Crippen MR) is 81.1 cm³/mol. The summed E-state index contributed by atoms with van der Waals surface area (Å²) in [6.07, 6.45) is 1.82. The second-order valence-electron chi connectivity index (χ2n) is 5.67. The van der Waals surface area contributed by atoms with E-state index in [1.165, 1.54) is 13.2 Å². The number of carbonyl (C=O) groups is 2. The van der Waals surface area contributed by atoms with Crippen LogP contribution in [0.2, 0.25) is 0 Å². The van der Waals surface area contributed by atoms with Gasteiger partial charge in [-0.1, -0.05) is 0 Å². The number of nitrogens with one attached hydrogen (secondary N) is 2. The average Bonchev–Trinajstić information content (AvgIpc) is 3.37. The van der Waals surface area contributed by atoms with Crippen LogP contribution in [-0.2, 0) is 9.53 Å². The third-order valence-electron chi connectivity index (χ3n) is 3.85. The number of amides is 1. The van der Waals surface area contributed by atoms with Crippen molar-refractivity contribution in [3.8, 4) is 6.07 Å². The largest absolute Gasteiger partial charge is 0.465 e. The highest BCUT2D eigenvalue weighted by molar-refractivity contribution is 5.96. The van der Waals surface area contributed by atoms with Gasteiger partial charge in [-0.25, -0.2) is 9.18 Å². The molecule has 2 N–H and O–H groups in total. The summed E-state index contributed by atoms with van der Waals surface area (Å²) in [7, 11) is 1.22. The molecule has 1 atom stereocenters. The molecule has 0 aliphatic heterocycles. The molecular weight excluding hydrogens is 301 g/mol. The minimum Gasteiger partial charge on any atom is -0.465 e. The number of carbonyl (C=O) groups excluding carboxylic acids is 2. The Hall–Kier alpha value is -2.62. The van der Waals surface area contributed by atoms with Crippen molar-refractivity contribution in [2.45, 2.75) is 25.3 Å². The molecule has 7 heteroatoms. The lowest BCUT2D eigenvalue weighted by Crippen LogP contribution is -2.48. The first kappa shape index (κ1) is 16.7. The number of halogens is 1. The van der Waals surface area contributed by atoms with Gasteiger partial charge in [0, 0.05) is 0 Å². The van der Waals surface area contributed by atoms with Crippen molar-refractivity contribution >= 4 is 17.6 Å². The zero-order valence-corrected chi connectivity index (χ0v) is 13.0. The van der Waals surface area contributed by atoms with Gasteiger partial charge in [-0.2, -0.15) is 5.26 Å². The molecule has 1 aliphatic carbocycles. The summed E-state index contributed by atoms with van der Waals surface area (Å²) in [6.45, 7) is 1.50. The first-order valence-corrected chi connectivity index (χ1v) is 7.23. The van der Waals surface area contributed by atoms with E-state index in [4.69, 9.17) is 0 Å². The van der Waals surface area contributed by atoms with Crippen LogP contribution in [0.4, 0.5) is 10.1 Å². The number of hydrogen-bond donors (Lipinski definition) is 2. The molecule has 122 valence electrons. The fraction of sp³-hybridized carbons (Fsp3) is 0.438. The Morgan fingerprint density at radius 2 is 2.17 bits per heavy atom. The first-order chi connectivity index (χ1) is 10.9. The minimum atomic E-state index is -0.897. The maximum Gasteiger partial charge on any atom is 0.339 e. The van der Waals surface area contributed by atoms with Crippen molar-refractivity contribution in [2.24, 2.45) is 5.92 Å². The molecular formula is C16H18FN3O3. The normalized spacial score (nSPS) is 15.9. The van der Waals surface area contributed by atoms with E-state index >= 15 is 0 Å². The summed E-state index contributed by atoms with van der Waals surface area (Å²) < 4.78 is 18.0. The van der Waals surface area contributed by atoms with E-state index in [0.29, 0.717) is 0 Å². The number of anilines is 1. The molecule has 0 aromatic heterocycles. The second kappa shape index (κ2) is 6.65. The van der Waals surface area contributed by atoms with Crippen LogP contribution in [0.1, 0.15) is 30.1 Å². The molecule has 6 nitrogen and oxygen atoms in total. The summed E-state index contributed by atoms with van der Waals surface area (Å²) in [5.41, 5.74) is -0.602. The van der Waals surface area contributed by atoms with E-state index in [0.717, 1.165) is 25.0 Å². The number of rotatable bonds is 6. The van der Waals surface area contributed by atoms with Crippen LogP contribution in [0, 0.1) is 23.1 Å². The molecule has 0 heterocycles. The Morgan fingerprint density at radius 1 is 1.48 bits per heavy atom. The smallest absolute Gasteiger partial charge is 0.339 e. The van der Waals surface area contributed by atoms with E-state index in [2.05, 4.69) is 21.4 Å². The molecule has 23 heavy (non-hydrogen) atoms. The highest BCUT2D eigenvalue weighted by Gasteiger charge is 2.42. The summed E-state index contributed by atoms with van der Waals surface area (Å²) in [4.78, 5) is 23.7. The number of esters is 1. The molecule has 0 saturated heterocycles. The highest BCUT2D eigenvalue weighted by atomic mass is 19.1. The summed E-state index contributed by atoms with van der Waals surface area (Å²) in [5.74, 6) is -1.41. The third-order valence-corrected chi connectivity index (χ3v) is 3.85. The van der Waals surface area contributed by atoms with E-state index in [1.54, 1.807) is 6.92 Å². The van der Waals surface area contributed by atoms with Gasteiger partial charge in [0.2, 0.25) is 5.91 Å². The lowest BCUT2D eigenvalue weighted by molar-refractivity contribution is -0.120. The van der Waals surface area contributed by atoms with Crippen LogP contribution >= 0.6 is 0 Å². The summed E-state index contributed by atoms with van der Waals surface area (Å²) in [6, 6.07) is 5.66. The van der Waals surface area contributed by atoms with Gasteiger partial charge in [0.1, 0.15) is 11.4 Å². The molecule has 0 spiro atoms. The van der Waals surface area contributed by atoms with Gasteiger partial charge in [0.15, 0.2) is 0 Å². The van der Waals surface area contributed by atoms with Crippen LogP contribution < -0.4 is 10.6 Å². The molecule has 1 fully saturated rings. The van der Waals surface area contributed by atoms with E-state index in [9.17, 15) is 19.2 Å². The molecule has 0 unspecified atom stereocenters.